The SMILES string of the molecule is Cn1nccc1CCNc1ccc(C(N)=O)nn1. The predicted octanol–water partition coefficient (Wildman–Crippen LogP) is -0.0364. The fraction of sp³-hybridized carbons (Fsp3) is 0.273. The maximum atomic E-state index is 10.8. The van der Waals surface area contributed by atoms with Crippen LogP contribution in [-0.2, 0) is 13.5 Å². The standard InChI is InChI=1S/C11H14N6O/c1-17-8(5-7-14-17)4-6-13-10-3-2-9(11(12)18)15-16-10/h2-3,5,7H,4,6H2,1H3,(H2,12,18)(H,13,16). The van der Waals surface area contributed by atoms with Crippen molar-refractivity contribution < 1.29 is 4.79 Å². The molecule has 2 aromatic heterocycles. The van der Waals surface area contributed by atoms with Crippen LogP contribution in [0.25, 0.3) is 0 Å². The molecular formula is C11H14N6O. The molecule has 7 heteroatoms. The molecule has 1 amide bonds. The molecule has 94 valence electrons. The summed E-state index contributed by atoms with van der Waals surface area (Å²) < 4.78 is 1.82. The summed E-state index contributed by atoms with van der Waals surface area (Å²) in [7, 11) is 1.90. The lowest BCUT2D eigenvalue weighted by Crippen LogP contribution is -2.15. The molecule has 2 rings (SSSR count). The summed E-state index contributed by atoms with van der Waals surface area (Å²) in [5.41, 5.74) is 6.36. The van der Waals surface area contributed by atoms with Gasteiger partial charge in [0, 0.05) is 31.9 Å². The smallest absolute Gasteiger partial charge is 0.269 e. The third kappa shape index (κ3) is 2.82. The second-order valence-electron chi connectivity index (χ2n) is 3.79. The number of nitrogens with two attached hydrogens (primary N) is 1. The number of hydrogen-bond acceptors (Lipinski definition) is 5. The van der Waals surface area contributed by atoms with Crippen LogP contribution in [0, 0.1) is 0 Å². The number of aromatic nitrogens is 4. The van der Waals surface area contributed by atoms with E-state index in [-0.39, 0.29) is 5.69 Å². The van der Waals surface area contributed by atoms with Crippen LogP contribution in [0.5, 0.6) is 0 Å². The van der Waals surface area contributed by atoms with Crippen LogP contribution in [0.4, 0.5) is 5.82 Å². The molecule has 2 heterocycles. The second kappa shape index (κ2) is 5.26. The Bertz CT molecular complexity index is 533. The second-order valence-corrected chi connectivity index (χ2v) is 3.79. The third-order valence-corrected chi connectivity index (χ3v) is 2.53. The highest BCUT2D eigenvalue weighted by molar-refractivity contribution is 5.90. The number of aryl methyl sites for hydroxylation is 1. The normalized spacial score (nSPS) is 10.3. The van der Waals surface area contributed by atoms with E-state index in [1.165, 1.54) is 0 Å². The molecule has 0 saturated carbocycles. The molecule has 0 spiro atoms. The number of carbonyl (C=O) groups is 1. The molecular weight excluding hydrogens is 232 g/mol. The quantitative estimate of drug-likeness (QED) is 0.771. The van der Waals surface area contributed by atoms with Crippen LogP contribution in [-0.4, -0.2) is 32.4 Å². The van der Waals surface area contributed by atoms with Crippen molar-refractivity contribution in [2.45, 2.75) is 6.42 Å². The van der Waals surface area contributed by atoms with E-state index in [9.17, 15) is 4.79 Å². The van der Waals surface area contributed by atoms with Crippen molar-refractivity contribution >= 4 is 11.7 Å². The van der Waals surface area contributed by atoms with Crippen LogP contribution >= 0.6 is 0 Å². The Balaban J connectivity index is 1.87. The van der Waals surface area contributed by atoms with E-state index < -0.39 is 5.91 Å². The molecule has 7 nitrogen and oxygen atoms in total. The lowest BCUT2D eigenvalue weighted by atomic mass is 10.3. The third-order valence-electron chi connectivity index (χ3n) is 2.53. The van der Waals surface area contributed by atoms with Crippen LogP contribution in [0.15, 0.2) is 24.4 Å². The van der Waals surface area contributed by atoms with E-state index in [2.05, 4.69) is 20.6 Å². The first-order valence-electron chi connectivity index (χ1n) is 5.51. The zero-order chi connectivity index (χ0) is 13.0. The Morgan fingerprint density at radius 1 is 1.39 bits per heavy atom. The van der Waals surface area contributed by atoms with Gasteiger partial charge in [-0.25, -0.2) is 0 Å². The molecule has 0 atom stereocenters. The van der Waals surface area contributed by atoms with Gasteiger partial charge in [0.2, 0.25) is 0 Å². The van der Waals surface area contributed by atoms with E-state index in [0.29, 0.717) is 12.4 Å². The Morgan fingerprint density at radius 3 is 2.78 bits per heavy atom. The van der Waals surface area contributed by atoms with Crippen molar-refractivity contribution in [2.24, 2.45) is 12.8 Å². The number of anilines is 1. The van der Waals surface area contributed by atoms with Crippen molar-refractivity contribution in [2.75, 3.05) is 11.9 Å². The number of nitrogens with one attached hydrogen (secondary N) is 1. The van der Waals surface area contributed by atoms with Gasteiger partial charge < -0.3 is 11.1 Å². The summed E-state index contributed by atoms with van der Waals surface area (Å²) >= 11 is 0. The monoisotopic (exact) mass is 246 g/mol. The molecule has 0 fully saturated rings. The van der Waals surface area contributed by atoms with E-state index in [0.717, 1.165) is 12.1 Å². The van der Waals surface area contributed by atoms with Gasteiger partial charge in [-0.05, 0) is 18.2 Å². The molecule has 0 aliphatic heterocycles. The maximum absolute atomic E-state index is 10.8. The summed E-state index contributed by atoms with van der Waals surface area (Å²) in [6.45, 7) is 0.712. The highest BCUT2D eigenvalue weighted by atomic mass is 16.1. The minimum Gasteiger partial charge on any atom is -0.368 e. The molecule has 0 bridgehead atoms. The highest BCUT2D eigenvalue weighted by Gasteiger charge is 2.03. The average Bonchev–Trinajstić information content (AvgIpc) is 2.76. The van der Waals surface area contributed by atoms with Crippen LogP contribution in [0.1, 0.15) is 16.2 Å². The first-order chi connectivity index (χ1) is 8.66. The lowest BCUT2D eigenvalue weighted by Gasteiger charge is -2.05. The molecule has 0 saturated heterocycles. The largest absolute Gasteiger partial charge is 0.368 e. The van der Waals surface area contributed by atoms with Crippen molar-refractivity contribution in [1.29, 1.82) is 0 Å². The maximum Gasteiger partial charge on any atom is 0.269 e. The molecule has 0 unspecified atom stereocenters. The van der Waals surface area contributed by atoms with Gasteiger partial charge in [-0.3, -0.25) is 9.48 Å². The Morgan fingerprint density at radius 2 is 2.22 bits per heavy atom. The van der Waals surface area contributed by atoms with E-state index in [1.54, 1.807) is 18.3 Å². The number of hydrogen-bond donors (Lipinski definition) is 2. The Hall–Kier alpha value is -2.44. The number of nitrogens with zero attached hydrogens (tertiary/aromatic N) is 4. The molecule has 2 aromatic rings. The first kappa shape index (κ1) is 12.0. The Labute approximate surface area is 104 Å². The Kier molecular flexibility index (Phi) is 3.52. The summed E-state index contributed by atoms with van der Waals surface area (Å²) in [5, 5.41) is 14.8. The summed E-state index contributed by atoms with van der Waals surface area (Å²) in [4.78, 5) is 10.8. The lowest BCUT2D eigenvalue weighted by molar-refractivity contribution is 0.0994. The van der Waals surface area contributed by atoms with Crippen molar-refractivity contribution in [3.8, 4) is 0 Å². The average molecular weight is 246 g/mol. The highest BCUT2D eigenvalue weighted by Crippen LogP contribution is 2.03. The van der Waals surface area contributed by atoms with Gasteiger partial charge in [-0.15, -0.1) is 10.2 Å². The van der Waals surface area contributed by atoms with E-state index in [4.69, 9.17) is 5.73 Å². The van der Waals surface area contributed by atoms with Crippen LogP contribution < -0.4 is 11.1 Å². The predicted molar refractivity (Wildman–Crippen MR) is 66.0 cm³/mol. The van der Waals surface area contributed by atoms with Crippen molar-refractivity contribution in [3.05, 3.63) is 35.8 Å². The van der Waals surface area contributed by atoms with Crippen LogP contribution in [0.3, 0.4) is 0 Å². The van der Waals surface area contributed by atoms with Gasteiger partial charge in [0.05, 0.1) is 0 Å². The number of amides is 1. The topological polar surface area (TPSA) is 98.7 Å². The molecule has 0 aliphatic carbocycles. The number of rotatable bonds is 5. The van der Waals surface area contributed by atoms with Gasteiger partial charge in [0.15, 0.2) is 5.69 Å². The number of primary amides is 1. The van der Waals surface area contributed by atoms with Gasteiger partial charge in [0.25, 0.3) is 5.91 Å². The zero-order valence-corrected chi connectivity index (χ0v) is 10.00. The minimum atomic E-state index is -0.580. The van der Waals surface area contributed by atoms with Crippen molar-refractivity contribution in [3.63, 3.8) is 0 Å². The van der Waals surface area contributed by atoms with E-state index >= 15 is 0 Å². The summed E-state index contributed by atoms with van der Waals surface area (Å²) in [6.07, 6.45) is 2.59. The molecule has 0 radical (unpaired) electrons. The summed E-state index contributed by atoms with van der Waals surface area (Å²) in [5.74, 6) is 0.0334. The zero-order valence-electron chi connectivity index (χ0n) is 10.00. The fourth-order valence-electron chi connectivity index (χ4n) is 1.52. The van der Waals surface area contributed by atoms with Gasteiger partial charge >= 0.3 is 0 Å². The fourth-order valence-corrected chi connectivity index (χ4v) is 1.52. The summed E-state index contributed by atoms with van der Waals surface area (Å²) in [6, 6.07) is 5.18. The molecule has 18 heavy (non-hydrogen) atoms. The number of carbonyl (C=O) groups excluding carboxylic acids is 1. The van der Waals surface area contributed by atoms with Gasteiger partial charge in [-0.1, -0.05) is 0 Å². The minimum absolute atomic E-state index is 0.159. The van der Waals surface area contributed by atoms with Crippen molar-refractivity contribution in [1.82, 2.24) is 20.0 Å². The van der Waals surface area contributed by atoms with Crippen LogP contribution in [0.2, 0.25) is 0 Å². The molecule has 0 aromatic carbocycles. The van der Waals surface area contributed by atoms with Gasteiger partial charge in [-0.2, -0.15) is 5.10 Å². The first-order valence-corrected chi connectivity index (χ1v) is 5.51. The van der Waals surface area contributed by atoms with E-state index in [1.807, 2.05) is 17.8 Å². The van der Waals surface area contributed by atoms with Gasteiger partial charge in [0.1, 0.15) is 5.82 Å². The molecule has 3 N–H and O–H groups in total. The molecule has 0 aliphatic rings.